The Kier molecular flexibility index (Phi) is 6.52. The molecule has 0 aliphatic carbocycles. The third kappa shape index (κ3) is 4.92. The number of methoxy groups -OCH3 is 1. The Balaban J connectivity index is 2.09. The molecule has 0 bridgehead atoms. The minimum atomic E-state index is -1.05. The summed E-state index contributed by atoms with van der Waals surface area (Å²) in [4.78, 5) is 23.7. The van der Waals surface area contributed by atoms with Crippen molar-refractivity contribution in [2.45, 2.75) is 18.9 Å². The number of benzene rings is 2. The first kappa shape index (κ1) is 19.7. The van der Waals surface area contributed by atoms with Gasteiger partial charge in [0.15, 0.2) is 0 Å². The van der Waals surface area contributed by atoms with Crippen LogP contribution in [-0.4, -0.2) is 25.0 Å². The average Bonchev–Trinajstić information content (AvgIpc) is 2.58. The van der Waals surface area contributed by atoms with Crippen LogP contribution in [0.15, 0.2) is 36.4 Å². The molecule has 0 aliphatic heterocycles. The molecule has 0 saturated heterocycles. The van der Waals surface area contributed by atoms with Gasteiger partial charge in [-0.1, -0.05) is 23.7 Å². The lowest BCUT2D eigenvalue weighted by Crippen LogP contribution is -2.46. The van der Waals surface area contributed by atoms with Crippen molar-refractivity contribution < 1.29 is 23.1 Å². The maximum absolute atomic E-state index is 13.6. The van der Waals surface area contributed by atoms with E-state index in [-0.39, 0.29) is 12.0 Å². The maximum atomic E-state index is 13.6. The quantitative estimate of drug-likeness (QED) is 0.771. The number of halogens is 3. The summed E-state index contributed by atoms with van der Waals surface area (Å²) in [5.41, 5.74) is 5.58. The minimum Gasteiger partial charge on any atom is -0.495 e. The number of hydrogen-bond acceptors (Lipinski definition) is 3. The molecule has 0 spiro atoms. The summed E-state index contributed by atoms with van der Waals surface area (Å²) in [6.45, 7) is 0. The van der Waals surface area contributed by atoms with E-state index in [1.807, 2.05) is 0 Å². The third-order valence-electron chi connectivity index (χ3n) is 3.73. The summed E-state index contributed by atoms with van der Waals surface area (Å²) in [6, 6.07) is 7.12. The van der Waals surface area contributed by atoms with Crippen molar-refractivity contribution in [3.8, 4) is 5.75 Å². The normalized spacial score (nSPS) is 11.7. The van der Waals surface area contributed by atoms with Crippen LogP contribution in [0, 0.1) is 11.6 Å². The van der Waals surface area contributed by atoms with E-state index in [2.05, 4.69) is 5.32 Å². The smallest absolute Gasteiger partial charge is 0.240 e. The van der Waals surface area contributed by atoms with Gasteiger partial charge in [0, 0.05) is 12.0 Å². The predicted octanol–water partition coefficient (Wildman–Crippen LogP) is 2.38. The second kappa shape index (κ2) is 8.62. The topological polar surface area (TPSA) is 81.4 Å². The molecule has 0 saturated carbocycles. The Morgan fingerprint density at radius 1 is 1.23 bits per heavy atom. The van der Waals surface area contributed by atoms with Crippen LogP contribution in [0.1, 0.15) is 11.1 Å². The van der Waals surface area contributed by atoms with Gasteiger partial charge in [0.2, 0.25) is 11.8 Å². The van der Waals surface area contributed by atoms with Crippen LogP contribution >= 0.6 is 11.6 Å². The van der Waals surface area contributed by atoms with Gasteiger partial charge >= 0.3 is 0 Å². The van der Waals surface area contributed by atoms with E-state index in [0.717, 1.165) is 12.1 Å². The van der Waals surface area contributed by atoms with Gasteiger partial charge in [-0.25, -0.2) is 8.78 Å². The number of amides is 2. The number of rotatable bonds is 7. The SMILES string of the molecule is COc1ccc(C[C@H](NC(=O)Cc2c(F)cccc2F)C(N)=O)cc1Cl. The Morgan fingerprint density at radius 3 is 2.42 bits per heavy atom. The Bertz CT molecular complexity index is 810. The molecule has 2 aromatic rings. The van der Waals surface area contributed by atoms with Crippen LogP contribution in [0.2, 0.25) is 5.02 Å². The molecule has 0 unspecified atom stereocenters. The third-order valence-corrected chi connectivity index (χ3v) is 4.03. The number of hydrogen-bond donors (Lipinski definition) is 2. The number of carbonyl (C=O) groups is 2. The minimum absolute atomic E-state index is 0.0739. The largest absolute Gasteiger partial charge is 0.495 e. The highest BCUT2D eigenvalue weighted by molar-refractivity contribution is 6.32. The zero-order chi connectivity index (χ0) is 19.3. The first-order valence-electron chi connectivity index (χ1n) is 7.65. The molecule has 0 aliphatic rings. The lowest BCUT2D eigenvalue weighted by Gasteiger charge is -2.16. The second-order valence-corrected chi connectivity index (χ2v) is 5.98. The van der Waals surface area contributed by atoms with Crippen LogP contribution in [-0.2, 0) is 22.4 Å². The van der Waals surface area contributed by atoms with E-state index >= 15 is 0 Å². The summed E-state index contributed by atoms with van der Waals surface area (Å²) in [5.74, 6) is -2.71. The van der Waals surface area contributed by atoms with Crippen molar-refractivity contribution in [2.24, 2.45) is 5.73 Å². The fourth-order valence-corrected chi connectivity index (χ4v) is 2.68. The number of nitrogens with two attached hydrogens (primary N) is 1. The Morgan fingerprint density at radius 2 is 1.88 bits per heavy atom. The molecule has 0 heterocycles. The van der Waals surface area contributed by atoms with Crippen molar-refractivity contribution in [2.75, 3.05) is 7.11 Å². The summed E-state index contributed by atoms with van der Waals surface area (Å²) >= 11 is 6.03. The van der Waals surface area contributed by atoms with Gasteiger partial charge < -0.3 is 15.8 Å². The van der Waals surface area contributed by atoms with Gasteiger partial charge in [-0.3, -0.25) is 9.59 Å². The molecule has 0 radical (unpaired) electrons. The van der Waals surface area contributed by atoms with Crippen LogP contribution in [0.5, 0.6) is 5.75 Å². The van der Waals surface area contributed by atoms with Crippen LogP contribution in [0.4, 0.5) is 8.78 Å². The number of primary amides is 1. The Labute approximate surface area is 154 Å². The molecule has 2 amide bonds. The number of carbonyl (C=O) groups excluding carboxylic acids is 2. The highest BCUT2D eigenvalue weighted by Crippen LogP contribution is 2.25. The fourth-order valence-electron chi connectivity index (χ4n) is 2.40. The van der Waals surface area contributed by atoms with Crippen LogP contribution < -0.4 is 15.8 Å². The molecule has 1 atom stereocenters. The van der Waals surface area contributed by atoms with Crippen molar-refractivity contribution in [3.63, 3.8) is 0 Å². The van der Waals surface area contributed by atoms with Crippen LogP contribution in [0.25, 0.3) is 0 Å². The van der Waals surface area contributed by atoms with E-state index in [4.69, 9.17) is 22.1 Å². The molecule has 2 rings (SSSR count). The standard InChI is InChI=1S/C18H17ClF2N2O3/c1-26-16-6-5-10(7-12(16)19)8-15(18(22)25)23-17(24)9-11-13(20)3-2-4-14(11)21/h2-7,15H,8-9H2,1H3,(H2,22,25)(H,23,24)/t15-/m0/s1. The van der Waals surface area contributed by atoms with Gasteiger partial charge in [-0.15, -0.1) is 0 Å². The zero-order valence-corrected chi connectivity index (χ0v) is 14.6. The lowest BCUT2D eigenvalue weighted by molar-refractivity contribution is -0.127. The lowest BCUT2D eigenvalue weighted by atomic mass is 10.0. The summed E-state index contributed by atoms with van der Waals surface area (Å²) in [6.07, 6.45) is -0.476. The fraction of sp³-hybridized carbons (Fsp3) is 0.222. The molecule has 26 heavy (non-hydrogen) atoms. The first-order valence-corrected chi connectivity index (χ1v) is 8.03. The van der Waals surface area contributed by atoms with Gasteiger partial charge in [0.25, 0.3) is 0 Å². The zero-order valence-electron chi connectivity index (χ0n) is 13.9. The van der Waals surface area contributed by atoms with Crippen LogP contribution in [0.3, 0.4) is 0 Å². The summed E-state index contributed by atoms with van der Waals surface area (Å²) in [5, 5.41) is 2.74. The highest BCUT2D eigenvalue weighted by atomic mass is 35.5. The van der Waals surface area contributed by atoms with E-state index < -0.39 is 35.9 Å². The molecule has 5 nitrogen and oxygen atoms in total. The summed E-state index contributed by atoms with van der Waals surface area (Å²) < 4.78 is 32.3. The molecule has 138 valence electrons. The van der Waals surface area contributed by atoms with Gasteiger partial charge in [0.1, 0.15) is 23.4 Å². The van der Waals surface area contributed by atoms with Gasteiger partial charge in [-0.05, 0) is 29.8 Å². The molecule has 0 aromatic heterocycles. The second-order valence-electron chi connectivity index (χ2n) is 5.57. The van der Waals surface area contributed by atoms with E-state index in [9.17, 15) is 18.4 Å². The number of ether oxygens (including phenoxy) is 1. The van der Waals surface area contributed by atoms with E-state index in [0.29, 0.717) is 16.3 Å². The van der Waals surface area contributed by atoms with Crippen molar-refractivity contribution in [3.05, 3.63) is 64.2 Å². The van der Waals surface area contributed by atoms with Crippen molar-refractivity contribution in [1.29, 1.82) is 0 Å². The molecular formula is C18H17ClF2N2O3. The van der Waals surface area contributed by atoms with Crippen molar-refractivity contribution >= 4 is 23.4 Å². The monoisotopic (exact) mass is 382 g/mol. The first-order chi connectivity index (χ1) is 12.3. The molecule has 8 heteroatoms. The number of nitrogens with one attached hydrogen (secondary N) is 1. The van der Waals surface area contributed by atoms with Crippen molar-refractivity contribution in [1.82, 2.24) is 5.32 Å². The Hall–Kier alpha value is -2.67. The molecule has 0 fully saturated rings. The highest BCUT2D eigenvalue weighted by Gasteiger charge is 2.21. The molecular weight excluding hydrogens is 366 g/mol. The molecule has 2 aromatic carbocycles. The van der Waals surface area contributed by atoms with E-state index in [1.54, 1.807) is 18.2 Å². The molecule has 3 N–H and O–H groups in total. The average molecular weight is 383 g/mol. The summed E-state index contributed by atoms with van der Waals surface area (Å²) in [7, 11) is 1.47. The predicted molar refractivity (Wildman–Crippen MR) is 92.9 cm³/mol. The van der Waals surface area contributed by atoms with Gasteiger partial charge in [0.05, 0.1) is 18.6 Å². The van der Waals surface area contributed by atoms with E-state index in [1.165, 1.54) is 13.2 Å². The van der Waals surface area contributed by atoms with Gasteiger partial charge in [-0.2, -0.15) is 0 Å². The maximum Gasteiger partial charge on any atom is 0.240 e.